The molecule has 0 fully saturated rings. The molecule has 2 aromatic heterocycles. The maximum Gasteiger partial charge on any atom is 0.151 e. The van der Waals surface area contributed by atoms with E-state index in [0.29, 0.717) is 11.6 Å². The van der Waals surface area contributed by atoms with Crippen molar-refractivity contribution in [3.05, 3.63) is 48.2 Å². The summed E-state index contributed by atoms with van der Waals surface area (Å²) in [7, 11) is 0. The van der Waals surface area contributed by atoms with Crippen molar-refractivity contribution < 1.29 is 0 Å². The molecule has 6 heteroatoms. The average molecular weight is 216 g/mol. The summed E-state index contributed by atoms with van der Waals surface area (Å²) < 4.78 is 0. The minimum absolute atomic E-state index is 0.352. The van der Waals surface area contributed by atoms with Crippen LogP contribution in [0.15, 0.2) is 36.8 Å². The van der Waals surface area contributed by atoms with Gasteiger partial charge in [0.1, 0.15) is 11.9 Å². The van der Waals surface area contributed by atoms with Crippen LogP contribution in [0.25, 0.3) is 0 Å². The van der Waals surface area contributed by atoms with Crippen molar-refractivity contribution in [1.82, 2.24) is 20.4 Å². The third-order valence-electron chi connectivity index (χ3n) is 2.19. The first-order chi connectivity index (χ1) is 7.83. The number of anilines is 1. The van der Waals surface area contributed by atoms with Gasteiger partial charge in [0.15, 0.2) is 5.82 Å². The molecule has 0 saturated carbocycles. The summed E-state index contributed by atoms with van der Waals surface area (Å²) in [6.45, 7) is 0. The van der Waals surface area contributed by atoms with Gasteiger partial charge in [0.2, 0.25) is 0 Å². The molecule has 1 unspecified atom stereocenters. The first-order valence-corrected chi connectivity index (χ1v) is 4.76. The maximum absolute atomic E-state index is 5.77. The van der Waals surface area contributed by atoms with Crippen molar-refractivity contribution in [3.63, 3.8) is 0 Å². The van der Waals surface area contributed by atoms with E-state index >= 15 is 0 Å². The number of hydrogen-bond donors (Lipinski definition) is 3. The summed E-state index contributed by atoms with van der Waals surface area (Å²) in [5.74, 6) is 6.47. The van der Waals surface area contributed by atoms with E-state index in [0.717, 1.165) is 5.56 Å². The molecule has 82 valence electrons. The fourth-order valence-corrected chi connectivity index (χ4v) is 1.44. The molecular weight excluding hydrogens is 204 g/mol. The second kappa shape index (κ2) is 4.65. The zero-order valence-corrected chi connectivity index (χ0v) is 8.54. The van der Waals surface area contributed by atoms with E-state index in [4.69, 9.17) is 11.6 Å². The number of hydrazine groups is 1. The first kappa shape index (κ1) is 10.5. The van der Waals surface area contributed by atoms with Gasteiger partial charge in [-0.05, 0) is 12.1 Å². The molecule has 5 N–H and O–H groups in total. The zero-order chi connectivity index (χ0) is 11.4. The van der Waals surface area contributed by atoms with Crippen LogP contribution in [0.2, 0.25) is 0 Å². The van der Waals surface area contributed by atoms with Gasteiger partial charge in [-0.1, -0.05) is 6.07 Å². The van der Waals surface area contributed by atoms with Gasteiger partial charge in [-0.2, -0.15) is 0 Å². The molecule has 2 heterocycles. The van der Waals surface area contributed by atoms with Crippen LogP contribution in [-0.4, -0.2) is 15.0 Å². The lowest BCUT2D eigenvalue weighted by atomic mass is 10.1. The van der Waals surface area contributed by atoms with Crippen molar-refractivity contribution in [3.8, 4) is 0 Å². The monoisotopic (exact) mass is 216 g/mol. The number of aromatic nitrogens is 3. The van der Waals surface area contributed by atoms with Crippen LogP contribution < -0.4 is 17.0 Å². The Balaban J connectivity index is 2.41. The highest BCUT2D eigenvalue weighted by molar-refractivity contribution is 5.43. The Morgan fingerprint density at radius 2 is 1.75 bits per heavy atom. The van der Waals surface area contributed by atoms with Gasteiger partial charge in [-0.3, -0.25) is 5.84 Å². The smallest absolute Gasteiger partial charge is 0.151 e. The van der Waals surface area contributed by atoms with Crippen LogP contribution >= 0.6 is 0 Å². The van der Waals surface area contributed by atoms with Crippen molar-refractivity contribution in [2.24, 2.45) is 5.84 Å². The molecule has 6 nitrogen and oxygen atoms in total. The second-order valence-electron chi connectivity index (χ2n) is 3.18. The Morgan fingerprint density at radius 1 is 1.06 bits per heavy atom. The number of nitrogen functional groups attached to an aromatic ring is 1. The Morgan fingerprint density at radius 3 is 2.38 bits per heavy atom. The summed E-state index contributed by atoms with van der Waals surface area (Å²) in [6.07, 6.45) is 4.93. The lowest BCUT2D eigenvalue weighted by Gasteiger charge is -2.15. The van der Waals surface area contributed by atoms with Crippen LogP contribution in [0.1, 0.15) is 17.4 Å². The molecule has 0 aromatic carbocycles. The van der Waals surface area contributed by atoms with Gasteiger partial charge in [-0.15, -0.1) is 0 Å². The molecule has 0 saturated heterocycles. The fraction of sp³-hybridized carbons (Fsp3) is 0.100. The van der Waals surface area contributed by atoms with Crippen LogP contribution in [0.5, 0.6) is 0 Å². The summed E-state index contributed by atoms with van der Waals surface area (Å²) in [6, 6.07) is 5.01. The molecule has 2 aromatic rings. The van der Waals surface area contributed by atoms with Crippen LogP contribution in [0.3, 0.4) is 0 Å². The molecule has 0 spiro atoms. The minimum atomic E-state index is -0.352. The second-order valence-corrected chi connectivity index (χ2v) is 3.18. The summed E-state index contributed by atoms with van der Waals surface area (Å²) in [5.41, 5.74) is 9.16. The molecule has 0 aliphatic rings. The predicted octanol–water partition coefficient (Wildman–Crippen LogP) is 0.00650. The maximum atomic E-state index is 5.77. The normalized spacial score (nSPS) is 12.3. The number of nitrogens with two attached hydrogens (primary N) is 2. The topological polar surface area (TPSA) is 103 Å². The number of rotatable bonds is 3. The standard InChI is InChI=1S/C10H12N6/c11-9-7(3-1-4-13-9)8(16-12)10-14-5-2-6-15-10/h1-6,8,16H,12H2,(H2,11,13). The number of nitrogens with zero attached hydrogens (tertiary/aromatic N) is 3. The van der Waals surface area contributed by atoms with Crippen molar-refractivity contribution in [1.29, 1.82) is 0 Å². The van der Waals surface area contributed by atoms with E-state index in [1.807, 2.05) is 6.07 Å². The van der Waals surface area contributed by atoms with E-state index in [1.54, 1.807) is 30.7 Å². The largest absolute Gasteiger partial charge is 0.383 e. The molecule has 0 aliphatic heterocycles. The van der Waals surface area contributed by atoms with E-state index in [1.165, 1.54) is 0 Å². The highest BCUT2D eigenvalue weighted by atomic mass is 15.2. The SMILES string of the molecule is NNC(c1ncccn1)c1cccnc1N. The predicted molar refractivity (Wildman–Crippen MR) is 59.8 cm³/mol. The fourth-order valence-electron chi connectivity index (χ4n) is 1.44. The molecule has 0 radical (unpaired) electrons. The molecule has 16 heavy (non-hydrogen) atoms. The summed E-state index contributed by atoms with van der Waals surface area (Å²) in [5, 5.41) is 0. The zero-order valence-electron chi connectivity index (χ0n) is 8.54. The Hall–Kier alpha value is -2.05. The van der Waals surface area contributed by atoms with Gasteiger partial charge in [-0.25, -0.2) is 20.4 Å². The summed E-state index contributed by atoms with van der Waals surface area (Å²) >= 11 is 0. The number of nitrogens with one attached hydrogen (secondary N) is 1. The molecule has 2 rings (SSSR count). The Labute approximate surface area is 92.7 Å². The molecule has 0 aliphatic carbocycles. The van der Waals surface area contributed by atoms with Gasteiger partial charge >= 0.3 is 0 Å². The quantitative estimate of drug-likeness (QED) is 0.493. The lowest BCUT2D eigenvalue weighted by molar-refractivity contribution is 0.601. The van der Waals surface area contributed by atoms with Crippen LogP contribution in [0.4, 0.5) is 5.82 Å². The minimum Gasteiger partial charge on any atom is -0.383 e. The average Bonchev–Trinajstić information content (AvgIpc) is 2.34. The summed E-state index contributed by atoms with van der Waals surface area (Å²) in [4.78, 5) is 12.3. The van der Waals surface area contributed by atoms with E-state index in [9.17, 15) is 0 Å². The third kappa shape index (κ3) is 1.97. The number of hydrogen-bond acceptors (Lipinski definition) is 6. The van der Waals surface area contributed by atoms with Crippen LogP contribution in [-0.2, 0) is 0 Å². The first-order valence-electron chi connectivity index (χ1n) is 4.76. The van der Waals surface area contributed by atoms with E-state index in [-0.39, 0.29) is 6.04 Å². The van der Waals surface area contributed by atoms with Gasteiger partial charge in [0, 0.05) is 24.2 Å². The molecule has 1 atom stereocenters. The Kier molecular flexibility index (Phi) is 3.04. The Bertz CT molecular complexity index is 458. The van der Waals surface area contributed by atoms with E-state index < -0.39 is 0 Å². The lowest BCUT2D eigenvalue weighted by Crippen LogP contribution is -2.31. The highest BCUT2D eigenvalue weighted by Gasteiger charge is 2.17. The molecular formula is C10H12N6. The van der Waals surface area contributed by atoms with E-state index in [2.05, 4.69) is 20.4 Å². The van der Waals surface area contributed by atoms with Gasteiger partial charge in [0.25, 0.3) is 0 Å². The molecule has 0 bridgehead atoms. The highest BCUT2D eigenvalue weighted by Crippen LogP contribution is 2.21. The van der Waals surface area contributed by atoms with Gasteiger partial charge in [0.05, 0.1) is 0 Å². The number of pyridine rings is 1. The van der Waals surface area contributed by atoms with Crippen LogP contribution in [0, 0.1) is 0 Å². The third-order valence-corrected chi connectivity index (χ3v) is 2.19. The molecule has 0 amide bonds. The van der Waals surface area contributed by atoms with Crippen molar-refractivity contribution in [2.45, 2.75) is 6.04 Å². The van der Waals surface area contributed by atoms with Crippen molar-refractivity contribution in [2.75, 3.05) is 5.73 Å². The van der Waals surface area contributed by atoms with Gasteiger partial charge < -0.3 is 5.73 Å². The van der Waals surface area contributed by atoms with Crippen molar-refractivity contribution >= 4 is 5.82 Å².